The predicted molar refractivity (Wildman–Crippen MR) is 90.1 cm³/mol. The van der Waals surface area contributed by atoms with Crippen LogP contribution in [-0.4, -0.2) is 19.1 Å². The minimum atomic E-state index is -0.0349. The van der Waals surface area contributed by atoms with Crippen LogP contribution in [0.5, 0.6) is 11.5 Å². The number of ether oxygens (including phenoxy) is 2. The molecule has 3 rings (SSSR count). The van der Waals surface area contributed by atoms with E-state index in [-0.39, 0.29) is 11.8 Å². The van der Waals surface area contributed by atoms with Crippen molar-refractivity contribution < 1.29 is 14.3 Å². The molecule has 0 aromatic heterocycles. The summed E-state index contributed by atoms with van der Waals surface area (Å²) in [4.78, 5) is 12.4. The third-order valence-electron chi connectivity index (χ3n) is 3.76. The molecule has 2 aromatic carbocycles. The fourth-order valence-electron chi connectivity index (χ4n) is 2.50. The fourth-order valence-corrected chi connectivity index (χ4v) is 2.67. The number of carbonyl (C=O) groups is 1. The molecule has 1 heterocycles. The molecule has 23 heavy (non-hydrogen) atoms. The fraction of sp³-hybridized carbons (Fsp3) is 0.278. The van der Waals surface area contributed by atoms with Gasteiger partial charge in [0.1, 0.15) is 5.75 Å². The average molecular weight is 332 g/mol. The van der Waals surface area contributed by atoms with Gasteiger partial charge in [-0.05, 0) is 43.2 Å². The number of benzene rings is 2. The summed E-state index contributed by atoms with van der Waals surface area (Å²) in [5.41, 5.74) is 0.581. The van der Waals surface area contributed by atoms with Gasteiger partial charge in [0.15, 0.2) is 5.75 Å². The van der Waals surface area contributed by atoms with E-state index in [1.165, 1.54) is 0 Å². The monoisotopic (exact) mass is 331 g/mol. The first-order valence-corrected chi connectivity index (χ1v) is 8.01. The van der Waals surface area contributed by atoms with E-state index in [1.807, 2.05) is 30.3 Å². The topological polar surface area (TPSA) is 47.6 Å². The van der Waals surface area contributed by atoms with Crippen LogP contribution < -0.4 is 10.1 Å². The first kappa shape index (κ1) is 15.8. The Bertz CT molecular complexity index is 669. The lowest BCUT2D eigenvalue weighted by Crippen LogP contribution is -2.28. The molecule has 120 valence electrons. The van der Waals surface area contributed by atoms with Crippen molar-refractivity contribution in [1.82, 2.24) is 0 Å². The van der Waals surface area contributed by atoms with Crippen LogP contribution in [0.2, 0.25) is 5.02 Å². The summed E-state index contributed by atoms with van der Waals surface area (Å²) in [6.07, 6.45) is 1.47. The van der Waals surface area contributed by atoms with Crippen LogP contribution in [0.1, 0.15) is 12.8 Å². The maximum Gasteiger partial charge on any atom is 0.227 e. The largest absolute Gasteiger partial charge is 0.455 e. The van der Waals surface area contributed by atoms with Crippen molar-refractivity contribution in [2.45, 2.75) is 12.8 Å². The van der Waals surface area contributed by atoms with Crippen LogP contribution in [0.3, 0.4) is 0 Å². The molecule has 1 N–H and O–H groups in total. The van der Waals surface area contributed by atoms with Crippen LogP contribution in [0.4, 0.5) is 5.69 Å². The lowest BCUT2D eigenvalue weighted by molar-refractivity contribution is -0.122. The van der Waals surface area contributed by atoms with Crippen molar-refractivity contribution in [3.8, 4) is 11.5 Å². The normalized spacial score (nSPS) is 15.2. The molecule has 0 saturated carbocycles. The van der Waals surface area contributed by atoms with Gasteiger partial charge in [0.25, 0.3) is 0 Å². The summed E-state index contributed by atoms with van der Waals surface area (Å²) < 4.78 is 11.2. The Morgan fingerprint density at radius 2 is 1.87 bits per heavy atom. The molecule has 0 atom stereocenters. The Kier molecular flexibility index (Phi) is 5.16. The minimum Gasteiger partial charge on any atom is -0.455 e. The molecule has 1 aliphatic rings. The molecule has 0 aliphatic carbocycles. The van der Waals surface area contributed by atoms with Gasteiger partial charge in [-0.2, -0.15) is 0 Å². The molecule has 0 bridgehead atoms. The molecule has 0 unspecified atom stereocenters. The second-order valence-electron chi connectivity index (χ2n) is 5.43. The molecule has 0 spiro atoms. The Balaban J connectivity index is 1.77. The standard InChI is InChI=1S/C18H18ClNO3/c19-14-6-7-17(23-15-4-2-1-3-5-15)16(12-14)20-18(21)13-8-10-22-11-9-13/h1-7,12-13H,8-11H2,(H,20,21). The van der Waals surface area contributed by atoms with Crippen molar-refractivity contribution in [1.29, 1.82) is 0 Å². The quantitative estimate of drug-likeness (QED) is 0.897. The van der Waals surface area contributed by atoms with Gasteiger partial charge in [-0.1, -0.05) is 29.8 Å². The number of nitrogens with one attached hydrogen (secondary N) is 1. The van der Waals surface area contributed by atoms with Crippen LogP contribution >= 0.6 is 11.6 Å². The van der Waals surface area contributed by atoms with E-state index in [1.54, 1.807) is 18.2 Å². The number of hydrogen-bond acceptors (Lipinski definition) is 3. The Morgan fingerprint density at radius 1 is 1.13 bits per heavy atom. The number of para-hydroxylation sites is 1. The van der Waals surface area contributed by atoms with Gasteiger partial charge in [0.2, 0.25) is 5.91 Å². The van der Waals surface area contributed by atoms with Crippen molar-refractivity contribution >= 4 is 23.2 Å². The van der Waals surface area contributed by atoms with E-state index in [0.29, 0.717) is 35.4 Å². The third-order valence-corrected chi connectivity index (χ3v) is 4.00. The summed E-state index contributed by atoms with van der Waals surface area (Å²) in [7, 11) is 0. The zero-order valence-electron chi connectivity index (χ0n) is 12.6. The highest BCUT2D eigenvalue weighted by Crippen LogP contribution is 2.32. The van der Waals surface area contributed by atoms with Gasteiger partial charge in [-0.15, -0.1) is 0 Å². The van der Waals surface area contributed by atoms with E-state index < -0.39 is 0 Å². The van der Waals surface area contributed by atoms with Gasteiger partial charge >= 0.3 is 0 Å². The number of halogens is 1. The first-order chi connectivity index (χ1) is 11.2. The number of rotatable bonds is 4. The molecule has 4 nitrogen and oxygen atoms in total. The molecule has 0 radical (unpaired) electrons. The van der Waals surface area contributed by atoms with E-state index in [0.717, 1.165) is 12.8 Å². The molecule has 1 saturated heterocycles. The maximum absolute atomic E-state index is 12.4. The SMILES string of the molecule is O=C(Nc1cc(Cl)ccc1Oc1ccccc1)C1CCOCC1. The minimum absolute atomic E-state index is 0.0199. The Hall–Kier alpha value is -2.04. The van der Waals surface area contributed by atoms with Gasteiger partial charge < -0.3 is 14.8 Å². The van der Waals surface area contributed by atoms with Crippen LogP contribution in [-0.2, 0) is 9.53 Å². The van der Waals surface area contributed by atoms with E-state index >= 15 is 0 Å². The van der Waals surface area contributed by atoms with Gasteiger partial charge in [0, 0.05) is 24.2 Å². The highest BCUT2D eigenvalue weighted by atomic mass is 35.5. The summed E-state index contributed by atoms with van der Waals surface area (Å²) in [5.74, 6) is 1.22. The highest BCUT2D eigenvalue weighted by molar-refractivity contribution is 6.31. The second-order valence-corrected chi connectivity index (χ2v) is 5.87. The predicted octanol–water partition coefficient (Wildman–Crippen LogP) is 4.50. The second kappa shape index (κ2) is 7.49. The Morgan fingerprint density at radius 3 is 2.61 bits per heavy atom. The van der Waals surface area contributed by atoms with E-state index in [9.17, 15) is 4.79 Å². The molecule has 5 heteroatoms. The maximum atomic E-state index is 12.4. The lowest BCUT2D eigenvalue weighted by atomic mass is 9.99. The van der Waals surface area contributed by atoms with Gasteiger partial charge in [0.05, 0.1) is 5.69 Å². The van der Waals surface area contributed by atoms with Crippen LogP contribution in [0, 0.1) is 5.92 Å². The van der Waals surface area contributed by atoms with Gasteiger partial charge in [-0.25, -0.2) is 0 Å². The third kappa shape index (κ3) is 4.24. The van der Waals surface area contributed by atoms with Crippen LogP contribution in [0.15, 0.2) is 48.5 Å². The highest BCUT2D eigenvalue weighted by Gasteiger charge is 2.22. The molecule has 1 fully saturated rings. The number of hydrogen-bond donors (Lipinski definition) is 1. The molecular formula is C18H18ClNO3. The number of amides is 1. The van der Waals surface area contributed by atoms with E-state index in [2.05, 4.69) is 5.32 Å². The van der Waals surface area contributed by atoms with Crippen molar-refractivity contribution in [3.05, 3.63) is 53.6 Å². The summed E-state index contributed by atoms with van der Waals surface area (Å²) in [6.45, 7) is 1.25. The molecule has 1 aliphatic heterocycles. The van der Waals surface area contributed by atoms with Crippen LogP contribution in [0.25, 0.3) is 0 Å². The van der Waals surface area contributed by atoms with Gasteiger partial charge in [-0.3, -0.25) is 4.79 Å². The first-order valence-electron chi connectivity index (χ1n) is 7.63. The lowest BCUT2D eigenvalue weighted by Gasteiger charge is -2.22. The smallest absolute Gasteiger partial charge is 0.227 e. The Labute approximate surface area is 140 Å². The summed E-state index contributed by atoms with van der Waals surface area (Å²) in [5, 5.41) is 3.49. The summed E-state index contributed by atoms with van der Waals surface area (Å²) >= 11 is 6.06. The number of carbonyl (C=O) groups excluding carboxylic acids is 1. The van der Waals surface area contributed by atoms with Crippen molar-refractivity contribution in [2.24, 2.45) is 5.92 Å². The van der Waals surface area contributed by atoms with Crippen molar-refractivity contribution in [3.63, 3.8) is 0 Å². The summed E-state index contributed by atoms with van der Waals surface area (Å²) in [6, 6.07) is 14.6. The molecular weight excluding hydrogens is 314 g/mol. The van der Waals surface area contributed by atoms with Crippen molar-refractivity contribution in [2.75, 3.05) is 18.5 Å². The zero-order valence-corrected chi connectivity index (χ0v) is 13.4. The van der Waals surface area contributed by atoms with E-state index in [4.69, 9.17) is 21.1 Å². The average Bonchev–Trinajstić information content (AvgIpc) is 2.59. The molecule has 1 amide bonds. The number of anilines is 1. The zero-order chi connectivity index (χ0) is 16.1. The molecule has 2 aromatic rings.